The number of amides is 1. The second-order valence-corrected chi connectivity index (χ2v) is 7.74. The lowest BCUT2D eigenvalue weighted by Gasteiger charge is -2.16. The molecule has 1 heterocycles. The van der Waals surface area contributed by atoms with Crippen LogP contribution in [0, 0.1) is 0 Å². The largest absolute Gasteiger partial charge is 0.497 e. The summed E-state index contributed by atoms with van der Waals surface area (Å²) in [6.07, 6.45) is 4.44. The average Bonchev–Trinajstić information content (AvgIpc) is 3.14. The summed E-state index contributed by atoms with van der Waals surface area (Å²) < 4.78 is 5.15. The molecule has 0 spiro atoms. The van der Waals surface area contributed by atoms with E-state index in [1.807, 2.05) is 31.2 Å². The molecule has 1 fully saturated rings. The van der Waals surface area contributed by atoms with Crippen LogP contribution >= 0.6 is 11.8 Å². The van der Waals surface area contributed by atoms with Crippen LogP contribution in [0.4, 0.5) is 0 Å². The molecule has 1 atom stereocenters. The number of methoxy groups -OCH3 is 1. The van der Waals surface area contributed by atoms with Crippen molar-refractivity contribution in [1.82, 2.24) is 15.3 Å². The van der Waals surface area contributed by atoms with Gasteiger partial charge in [0.25, 0.3) is 5.56 Å². The molecule has 0 saturated heterocycles. The van der Waals surface area contributed by atoms with Crippen LogP contribution in [0.15, 0.2) is 40.3 Å². The highest BCUT2D eigenvalue weighted by Crippen LogP contribution is 2.24. The number of hydrogen-bond acceptors (Lipinski definition) is 5. The van der Waals surface area contributed by atoms with Crippen molar-refractivity contribution in [3.63, 3.8) is 0 Å². The highest BCUT2D eigenvalue weighted by molar-refractivity contribution is 8.00. The smallest absolute Gasteiger partial charge is 0.252 e. The van der Waals surface area contributed by atoms with Gasteiger partial charge >= 0.3 is 0 Å². The lowest BCUT2D eigenvalue weighted by molar-refractivity contribution is -0.120. The van der Waals surface area contributed by atoms with Gasteiger partial charge in [0.05, 0.1) is 18.1 Å². The highest BCUT2D eigenvalue weighted by atomic mass is 32.2. The predicted molar refractivity (Wildman–Crippen MR) is 103 cm³/mol. The molecule has 1 aliphatic rings. The van der Waals surface area contributed by atoms with Gasteiger partial charge in [-0.2, -0.15) is 0 Å². The first kappa shape index (κ1) is 18.5. The first-order valence-corrected chi connectivity index (χ1v) is 9.66. The quantitative estimate of drug-likeness (QED) is 0.601. The third kappa shape index (κ3) is 4.66. The van der Waals surface area contributed by atoms with Crippen molar-refractivity contribution in [1.29, 1.82) is 0 Å². The molecule has 6 nitrogen and oxygen atoms in total. The minimum atomic E-state index is -0.329. The molecule has 1 unspecified atom stereocenters. The Morgan fingerprint density at radius 3 is 2.65 bits per heavy atom. The van der Waals surface area contributed by atoms with E-state index in [4.69, 9.17) is 4.74 Å². The van der Waals surface area contributed by atoms with E-state index in [9.17, 15) is 9.59 Å². The third-order valence-electron chi connectivity index (χ3n) is 4.46. The molecule has 1 aromatic heterocycles. The van der Waals surface area contributed by atoms with Crippen LogP contribution < -0.4 is 15.6 Å². The van der Waals surface area contributed by atoms with E-state index in [-0.39, 0.29) is 22.8 Å². The summed E-state index contributed by atoms with van der Waals surface area (Å²) in [6.45, 7) is 1.83. The minimum absolute atomic E-state index is 0.0144. The van der Waals surface area contributed by atoms with Crippen molar-refractivity contribution >= 4 is 17.7 Å². The number of aromatic amines is 1. The van der Waals surface area contributed by atoms with Crippen molar-refractivity contribution in [3.05, 3.63) is 40.7 Å². The van der Waals surface area contributed by atoms with Gasteiger partial charge in [0.15, 0.2) is 5.16 Å². The van der Waals surface area contributed by atoms with E-state index in [0.29, 0.717) is 10.9 Å². The first-order chi connectivity index (χ1) is 12.5. The standard InChI is InChI=1S/C19H23N3O3S/c1-12(18(24)20-14-5-3-4-6-14)26-19-21-16(11-17(23)22-19)13-7-9-15(25-2)10-8-13/h7-12,14H,3-6H2,1-2H3,(H,20,24)(H,21,22,23). The lowest BCUT2D eigenvalue weighted by Crippen LogP contribution is -2.37. The number of aromatic nitrogens is 2. The Morgan fingerprint density at radius 1 is 1.31 bits per heavy atom. The van der Waals surface area contributed by atoms with Crippen molar-refractivity contribution < 1.29 is 9.53 Å². The maximum atomic E-state index is 12.3. The summed E-state index contributed by atoms with van der Waals surface area (Å²) in [5, 5.41) is 3.19. The maximum absolute atomic E-state index is 12.3. The molecule has 0 radical (unpaired) electrons. The minimum Gasteiger partial charge on any atom is -0.497 e. The molecule has 7 heteroatoms. The van der Waals surface area contributed by atoms with E-state index < -0.39 is 0 Å². The average molecular weight is 373 g/mol. The van der Waals surface area contributed by atoms with Gasteiger partial charge < -0.3 is 15.0 Å². The van der Waals surface area contributed by atoms with Crippen molar-refractivity contribution in [2.75, 3.05) is 7.11 Å². The van der Waals surface area contributed by atoms with E-state index in [2.05, 4.69) is 15.3 Å². The molecule has 1 saturated carbocycles. The summed E-state index contributed by atoms with van der Waals surface area (Å²) in [6, 6.07) is 9.08. The number of H-pyrrole nitrogens is 1. The Morgan fingerprint density at radius 2 is 2.00 bits per heavy atom. The maximum Gasteiger partial charge on any atom is 0.252 e. The van der Waals surface area contributed by atoms with E-state index in [0.717, 1.165) is 24.2 Å². The molecule has 0 aliphatic heterocycles. The zero-order valence-electron chi connectivity index (χ0n) is 15.0. The van der Waals surface area contributed by atoms with Crippen LogP contribution in [0.25, 0.3) is 11.3 Å². The zero-order chi connectivity index (χ0) is 18.5. The number of nitrogens with one attached hydrogen (secondary N) is 2. The summed E-state index contributed by atoms with van der Waals surface area (Å²) >= 11 is 1.26. The summed E-state index contributed by atoms with van der Waals surface area (Å²) in [5.41, 5.74) is 1.15. The van der Waals surface area contributed by atoms with Gasteiger partial charge in [0, 0.05) is 17.7 Å². The first-order valence-electron chi connectivity index (χ1n) is 8.78. The molecule has 3 rings (SSSR count). The fraction of sp³-hybridized carbons (Fsp3) is 0.421. The molecule has 1 amide bonds. The molecular weight excluding hydrogens is 350 g/mol. The van der Waals surface area contributed by atoms with Gasteiger partial charge in [0.2, 0.25) is 5.91 Å². The number of carbonyl (C=O) groups is 1. The summed E-state index contributed by atoms with van der Waals surface area (Å²) in [7, 11) is 1.60. The summed E-state index contributed by atoms with van der Waals surface area (Å²) in [4.78, 5) is 31.6. The number of ether oxygens (including phenoxy) is 1. The van der Waals surface area contributed by atoms with Crippen LogP contribution in [0.1, 0.15) is 32.6 Å². The Kier molecular flexibility index (Phi) is 5.98. The van der Waals surface area contributed by atoms with Crippen LogP contribution in [-0.4, -0.2) is 34.3 Å². The summed E-state index contributed by atoms with van der Waals surface area (Å²) in [5.74, 6) is 0.727. The third-order valence-corrected chi connectivity index (χ3v) is 5.45. The van der Waals surface area contributed by atoms with Gasteiger partial charge in [-0.05, 0) is 44.0 Å². The van der Waals surface area contributed by atoms with Crippen molar-refractivity contribution in [2.24, 2.45) is 0 Å². The number of hydrogen-bond donors (Lipinski definition) is 2. The van der Waals surface area contributed by atoms with Gasteiger partial charge in [-0.3, -0.25) is 9.59 Å². The van der Waals surface area contributed by atoms with Gasteiger partial charge in [-0.15, -0.1) is 0 Å². The number of nitrogens with zero attached hydrogens (tertiary/aromatic N) is 1. The van der Waals surface area contributed by atoms with Crippen LogP contribution in [-0.2, 0) is 4.79 Å². The van der Waals surface area contributed by atoms with Crippen molar-refractivity contribution in [2.45, 2.75) is 49.1 Å². The van der Waals surface area contributed by atoms with Crippen LogP contribution in [0.2, 0.25) is 0 Å². The van der Waals surface area contributed by atoms with Gasteiger partial charge in [-0.1, -0.05) is 24.6 Å². The Balaban J connectivity index is 1.72. The molecule has 26 heavy (non-hydrogen) atoms. The van der Waals surface area contributed by atoms with Crippen molar-refractivity contribution in [3.8, 4) is 17.0 Å². The lowest BCUT2D eigenvalue weighted by atomic mass is 10.1. The van der Waals surface area contributed by atoms with E-state index in [1.54, 1.807) is 7.11 Å². The van der Waals surface area contributed by atoms with E-state index in [1.165, 1.54) is 30.7 Å². The number of rotatable bonds is 6. The number of thioether (sulfide) groups is 1. The Labute approximate surface area is 156 Å². The molecule has 2 N–H and O–H groups in total. The fourth-order valence-electron chi connectivity index (χ4n) is 3.01. The number of benzene rings is 1. The molecular formula is C19H23N3O3S. The SMILES string of the molecule is COc1ccc(-c2cc(=O)[nH]c(SC(C)C(=O)NC3CCCC3)n2)cc1. The monoisotopic (exact) mass is 373 g/mol. The van der Waals surface area contributed by atoms with Crippen LogP contribution in [0.3, 0.4) is 0 Å². The van der Waals surface area contributed by atoms with Gasteiger partial charge in [0.1, 0.15) is 5.75 Å². The second-order valence-electron chi connectivity index (χ2n) is 6.41. The van der Waals surface area contributed by atoms with Crippen LogP contribution in [0.5, 0.6) is 5.75 Å². The Bertz CT molecular complexity index is 814. The van der Waals surface area contributed by atoms with Gasteiger partial charge in [-0.25, -0.2) is 4.98 Å². The fourth-order valence-corrected chi connectivity index (χ4v) is 3.83. The Hall–Kier alpha value is -2.28. The molecule has 2 aromatic rings. The normalized spacial score (nSPS) is 15.6. The molecule has 1 aliphatic carbocycles. The molecule has 138 valence electrons. The number of carbonyl (C=O) groups excluding carboxylic acids is 1. The zero-order valence-corrected chi connectivity index (χ0v) is 15.8. The highest BCUT2D eigenvalue weighted by Gasteiger charge is 2.22. The predicted octanol–water partition coefficient (Wildman–Crippen LogP) is 2.98. The second kappa shape index (κ2) is 8.40. The molecule has 0 bridgehead atoms. The molecule has 1 aromatic carbocycles. The topological polar surface area (TPSA) is 84.1 Å². The van der Waals surface area contributed by atoms with E-state index >= 15 is 0 Å².